The number of rotatable bonds is 8. The molecule has 0 radical (unpaired) electrons. The van der Waals surface area contributed by atoms with Crippen LogP contribution >= 0.6 is 0 Å². The summed E-state index contributed by atoms with van der Waals surface area (Å²) in [7, 11) is 3.58. The van der Waals surface area contributed by atoms with Crippen molar-refractivity contribution in [3.63, 3.8) is 0 Å². The number of anilines is 1. The van der Waals surface area contributed by atoms with Gasteiger partial charge in [-0.25, -0.2) is 4.79 Å². The Balaban J connectivity index is 1.62. The van der Waals surface area contributed by atoms with Crippen molar-refractivity contribution in [2.75, 3.05) is 25.9 Å². The highest BCUT2D eigenvalue weighted by molar-refractivity contribution is 6.15. The lowest BCUT2D eigenvalue weighted by Gasteiger charge is -2.44. The lowest BCUT2D eigenvalue weighted by molar-refractivity contribution is -0.171. The summed E-state index contributed by atoms with van der Waals surface area (Å²) in [6.45, 7) is 14.0. The Morgan fingerprint density at radius 2 is 1.84 bits per heavy atom. The first-order valence-electron chi connectivity index (χ1n) is 17.9. The van der Waals surface area contributed by atoms with Crippen LogP contribution in [0.3, 0.4) is 0 Å². The van der Waals surface area contributed by atoms with Crippen molar-refractivity contribution in [2.45, 2.75) is 122 Å². The van der Waals surface area contributed by atoms with Gasteiger partial charge in [0.25, 0.3) is 0 Å². The van der Waals surface area contributed by atoms with Crippen molar-refractivity contribution >= 4 is 37.3 Å². The molecule has 1 aromatic carbocycles. The molecule has 8 atom stereocenters. The van der Waals surface area contributed by atoms with Gasteiger partial charge in [0, 0.05) is 51.3 Å². The van der Waals surface area contributed by atoms with Crippen molar-refractivity contribution in [3.8, 4) is 11.3 Å². The normalized spacial score (nSPS) is 31.4. The number of nitrogen functional groups attached to an aromatic ring is 1. The number of carbonyl (C=O) groups is 4. The van der Waals surface area contributed by atoms with Gasteiger partial charge in [0.15, 0.2) is 5.60 Å². The van der Waals surface area contributed by atoms with Crippen molar-refractivity contribution in [1.82, 2.24) is 24.8 Å². The summed E-state index contributed by atoms with van der Waals surface area (Å²) in [5, 5.41) is 8.55. The van der Waals surface area contributed by atoms with E-state index >= 15 is 0 Å². The molecular weight excluding hydrogens is 639 g/mol. The van der Waals surface area contributed by atoms with Crippen LogP contribution in [-0.4, -0.2) is 106 Å². The van der Waals surface area contributed by atoms with E-state index in [-0.39, 0.29) is 29.8 Å². The Hall–Kier alpha value is -3.94. The fraction of sp³-hybridized carbons (Fsp3) is 0.667. The third-order valence-corrected chi connectivity index (χ3v) is 11.0. The number of aryl methyl sites for hydroxylation is 1. The first-order valence-corrected chi connectivity index (χ1v) is 17.9. The summed E-state index contributed by atoms with van der Waals surface area (Å²) in [6, 6.07) is 6.32. The molecule has 0 saturated carbocycles. The summed E-state index contributed by atoms with van der Waals surface area (Å²) in [5.41, 5.74) is 6.20. The number of Topliss-reactive ketones (excluding diaryl/α,β-unsaturated/α-hetero) is 1. The van der Waals surface area contributed by atoms with E-state index in [1.165, 1.54) is 6.92 Å². The quantitative estimate of drug-likeness (QED) is 0.141. The fourth-order valence-electron chi connectivity index (χ4n) is 7.75. The Labute approximate surface area is 296 Å². The maximum Gasteiger partial charge on any atom is 0.410 e. The molecule has 2 fully saturated rings. The van der Waals surface area contributed by atoms with Crippen LogP contribution in [0.1, 0.15) is 80.6 Å². The first-order chi connectivity index (χ1) is 23.5. The van der Waals surface area contributed by atoms with E-state index in [0.717, 1.165) is 11.3 Å². The van der Waals surface area contributed by atoms with Gasteiger partial charge in [0.2, 0.25) is 5.91 Å². The average Bonchev–Trinajstić information content (AvgIpc) is 3.64. The van der Waals surface area contributed by atoms with Gasteiger partial charge in [-0.2, -0.15) is 0 Å². The number of benzene rings is 1. The minimum absolute atomic E-state index is 0.0103. The highest BCUT2D eigenvalue weighted by atomic mass is 16.6. The van der Waals surface area contributed by atoms with Crippen LogP contribution in [0.5, 0.6) is 0 Å². The number of fused-ring (bicyclic) bond motifs is 1. The lowest BCUT2D eigenvalue weighted by Crippen LogP contribution is -2.62. The average molecular weight is 695 g/mol. The van der Waals surface area contributed by atoms with Crippen LogP contribution in [0, 0.1) is 11.8 Å². The summed E-state index contributed by atoms with van der Waals surface area (Å²) < 4.78 is 20.0. The second kappa shape index (κ2) is 16.0. The predicted octanol–water partition coefficient (Wildman–Crippen LogP) is 3.91. The third-order valence-electron chi connectivity index (χ3n) is 11.0. The number of hydrogen-bond donors (Lipinski definition) is 1. The molecule has 13 nitrogen and oxygen atoms in total. The maximum absolute atomic E-state index is 13.7. The molecule has 1 aromatic heterocycles. The minimum Gasteiger partial charge on any atom is -0.458 e. The van der Waals surface area contributed by atoms with E-state index in [9.17, 15) is 19.2 Å². The largest absolute Gasteiger partial charge is 0.458 e. The lowest BCUT2D eigenvalue weighted by atomic mass is 9.67. The van der Waals surface area contributed by atoms with E-state index in [2.05, 4.69) is 17.2 Å². The minimum atomic E-state index is -1.30. The van der Waals surface area contributed by atoms with Gasteiger partial charge in [-0.15, -0.1) is 5.10 Å². The number of aromatic nitrogens is 3. The van der Waals surface area contributed by atoms with Crippen LogP contribution in [0.25, 0.3) is 11.3 Å². The molecule has 4 rings (SSSR count). The number of esters is 1. The molecule has 274 valence electrons. The molecule has 3 heterocycles. The molecule has 2 aliphatic rings. The summed E-state index contributed by atoms with van der Waals surface area (Å²) in [6.07, 6.45) is 2.83. The topological polar surface area (TPSA) is 159 Å². The van der Waals surface area contributed by atoms with Gasteiger partial charge < -0.3 is 24.8 Å². The number of ether oxygens (including phenoxy) is 3. The van der Waals surface area contributed by atoms with Crippen LogP contribution in [0.4, 0.5) is 10.5 Å². The summed E-state index contributed by atoms with van der Waals surface area (Å²) in [5.74, 6) is -2.24. The molecule has 50 heavy (non-hydrogen) atoms. The number of unbranched alkanes of at least 4 members (excludes halogenated alkanes) is 1. The monoisotopic (exact) mass is 694 g/mol. The molecule has 0 aliphatic carbocycles. The number of methoxy groups -OCH3 is 1. The number of hydrogen-bond acceptors (Lipinski definition) is 10. The molecule has 0 unspecified atom stereocenters. The fourth-order valence-corrected chi connectivity index (χ4v) is 7.75. The second-order valence-electron chi connectivity index (χ2n) is 14.8. The van der Waals surface area contributed by atoms with Crippen LogP contribution < -0.4 is 5.73 Å². The molecular formula is C36H55BN6O7. The van der Waals surface area contributed by atoms with Crippen LogP contribution in [0.15, 0.2) is 30.5 Å². The van der Waals surface area contributed by atoms with Crippen molar-refractivity contribution in [1.29, 1.82) is 0 Å². The van der Waals surface area contributed by atoms with E-state index in [0.29, 0.717) is 51.0 Å². The van der Waals surface area contributed by atoms with Gasteiger partial charge in [-0.1, -0.05) is 31.2 Å². The van der Waals surface area contributed by atoms with Crippen molar-refractivity contribution in [2.24, 2.45) is 11.8 Å². The number of amides is 2. The third kappa shape index (κ3) is 8.33. The predicted molar refractivity (Wildman–Crippen MR) is 192 cm³/mol. The Morgan fingerprint density at radius 3 is 2.48 bits per heavy atom. The highest BCUT2D eigenvalue weighted by Crippen LogP contribution is 2.41. The van der Waals surface area contributed by atoms with Crippen molar-refractivity contribution < 1.29 is 33.4 Å². The summed E-state index contributed by atoms with van der Waals surface area (Å²) >= 11 is 0. The smallest absolute Gasteiger partial charge is 0.410 e. The van der Waals surface area contributed by atoms with Gasteiger partial charge in [-0.05, 0) is 77.2 Å². The number of carbonyl (C=O) groups excluding carboxylic acids is 4. The van der Waals surface area contributed by atoms with Crippen molar-refractivity contribution in [3.05, 3.63) is 30.5 Å². The number of nitrogens with two attached hydrogens (primary N) is 1. The van der Waals surface area contributed by atoms with Gasteiger partial charge >= 0.3 is 12.1 Å². The highest BCUT2D eigenvalue weighted by Gasteiger charge is 2.59. The second-order valence-corrected chi connectivity index (χ2v) is 14.8. The Kier molecular flexibility index (Phi) is 12.4. The molecule has 0 spiro atoms. The molecule has 2 N–H and O–H groups in total. The zero-order chi connectivity index (χ0) is 37.0. The van der Waals surface area contributed by atoms with Gasteiger partial charge in [0.1, 0.15) is 31.3 Å². The SMILES string of the molecule is B[C@@H]1CC(=O)[C@@H](C)C(=O)O[C@H](CC)[C@@]2(C)OC(=O)N(CCCCn3cc(-c4cccc(N)c4)nn3)[C@@H]2[C@@H](C)N(C(C)=O)C[C@H](C)C[C@]1(C)OC. The molecule has 14 heteroatoms. The zero-order valence-corrected chi connectivity index (χ0v) is 31.2. The van der Waals surface area contributed by atoms with Gasteiger partial charge in [-0.3, -0.25) is 24.0 Å². The molecule has 2 amide bonds. The molecule has 2 aromatic rings. The van der Waals surface area contributed by atoms with Gasteiger partial charge in [0.05, 0.1) is 23.9 Å². The Morgan fingerprint density at radius 1 is 1.14 bits per heavy atom. The van der Waals surface area contributed by atoms with E-state index in [1.54, 1.807) is 35.4 Å². The number of ketones is 1. The standard InChI is InChI=1S/C36H55BN6O7/c1-9-31-36(7)32(42(34(47)50-36)16-11-10-15-41-21-28(39-40-41)26-13-12-14-27(38)17-26)24(4)43(25(5)44)20-22(2)19-35(6,48-8)30(37)18-29(45)23(3)33(46)49-31/h12-14,17,21-24,30-32H,9-11,15-16,18-20,37-38H2,1-8H3/t22-,23-,24-,30-,31-,32-,35+,36-/m1/s1. The molecule has 2 saturated heterocycles. The van der Waals surface area contributed by atoms with E-state index in [4.69, 9.17) is 19.9 Å². The molecule has 0 bridgehead atoms. The van der Waals surface area contributed by atoms with Crippen LogP contribution in [0.2, 0.25) is 5.82 Å². The Bertz CT molecular complexity index is 1540. The number of nitrogens with zero attached hydrogens (tertiary/aromatic N) is 5. The zero-order valence-electron chi connectivity index (χ0n) is 31.2. The molecule has 2 aliphatic heterocycles. The summed E-state index contributed by atoms with van der Waals surface area (Å²) in [4.78, 5) is 57.4. The first kappa shape index (κ1) is 38.9. The maximum atomic E-state index is 13.7. The number of cyclic esters (lactones) is 1. The van der Waals surface area contributed by atoms with E-state index in [1.807, 2.05) is 59.1 Å². The van der Waals surface area contributed by atoms with Crippen LogP contribution in [-0.2, 0) is 35.1 Å². The van der Waals surface area contributed by atoms with E-state index < -0.39 is 47.4 Å².